The zero-order valence-corrected chi connectivity index (χ0v) is 9.89. The van der Waals surface area contributed by atoms with Crippen molar-refractivity contribution in [2.75, 3.05) is 7.11 Å². The zero-order chi connectivity index (χ0) is 12.1. The lowest BCUT2D eigenvalue weighted by Gasteiger charge is -2.29. The normalized spacial score (nSPS) is 24.3. The van der Waals surface area contributed by atoms with Gasteiger partial charge in [0.25, 0.3) is 0 Å². The van der Waals surface area contributed by atoms with Crippen LogP contribution in [-0.2, 0) is 14.4 Å². The van der Waals surface area contributed by atoms with Crippen LogP contribution in [0.1, 0.15) is 30.9 Å². The highest BCUT2D eigenvalue weighted by Gasteiger charge is 2.24. The van der Waals surface area contributed by atoms with Crippen LogP contribution < -0.4 is 5.48 Å². The summed E-state index contributed by atoms with van der Waals surface area (Å²) < 4.78 is 4.63. The third kappa shape index (κ3) is 3.28. The van der Waals surface area contributed by atoms with E-state index in [0.29, 0.717) is 6.42 Å². The Morgan fingerprint density at radius 1 is 1.41 bits per heavy atom. The minimum absolute atomic E-state index is 0.0578. The van der Waals surface area contributed by atoms with Crippen molar-refractivity contribution in [3.63, 3.8) is 0 Å². The van der Waals surface area contributed by atoms with Gasteiger partial charge in [0.1, 0.15) is 6.10 Å². The molecule has 1 N–H and O–H groups in total. The van der Waals surface area contributed by atoms with Crippen molar-refractivity contribution in [3.05, 3.63) is 35.9 Å². The van der Waals surface area contributed by atoms with E-state index in [2.05, 4.69) is 10.2 Å². The molecule has 0 aromatic heterocycles. The lowest BCUT2D eigenvalue weighted by atomic mass is 9.99. The first kappa shape index (κ1) is 12.1. The van der Waals surface area contributed by atoms with Crippen LogP contribution >= 0.6 is 0 Å². The standard InChI is InChI=1S/C13H17NO3/c1-16-13(15)9-11-7-8-12(17-14-11)10-5-3-2-4-6-10/h2-6,11-12,14H,7-9H2,1H3/t11-,12-/m1/s1. The van der Waals surface area contributed by atoms with E-state index in [-0.39, 0.29) is 18.1 Å². The molecule has 0 saturated carbocycles. The van der Waals surface area contributed by atoms with Gasteiger partial charge < -0.3 is 4.74 Å². The highest BCUT2D eigenvalue weighted by Crippen LogP contribution is 2.26. The van der Waals surface area contributed by atoms with Gasteiger partial charge in [0.2, 0.25) is 0 Å². The molecular weight excluding hydrogens is 218 g/mol. The summed E-state index contributed by atoms with van der Waals surface area (Å²) in [6.45, 7) is 0. The molecule has 1 aromatic rings. The summed E-state index contributed by atoms with van der Waals surface area (Å²) in [4.78, 5) is 16.7. The maximum Gasteiger partial charge on any atom is 0.307 e. The largest absolute Gasteiger partial charge is 0.469 e. The van der Waals surface area contributed by atoms with Gasteiger partial charge in [-0.25, -0.2) is 0 Å². The van der Waals surface area contributed by atoms with Crippen LogP contribution in [0.4, 0.5) is 0 Å². The number of methoxy groups -OCH3 is 1. The van der Waals surface area contributed by atoms with E-state index in [4.69, 9.17) is 4.84 Å². The predicted molar refractivity (Wildman–Crippen MR) is 63.1 cm³/mol. The molecule has 2 rings (SSSR count). The lowest BCUT2D eigenvalue weighted by molar-refractivity contribution is -0.145. The topological polar surface area (TPSA) is 47.6 Å². The molecule has 0 bridgehead atoms. The average molecular weight is 235 g/mol. The molecule has 1 aliphatic rings. The van der Waals surface area contributed by atoms with E-state index in [9.17, 15) is 4.79 Å². The van der Waals surface area contributed by atoms with E-state index in [1.807, 2.05) is 30.3 Å². The fourth-order valence-corrected chi connectivity index (χ4v) is 1.98. The first-order valence-corrected chi connectivity index (χ1v) is 5.82. The molecule has 4 heteroatoms. The number of ether oxygens (including phenoxy) is 1. The van der Waals surface area contributed by atoms with Gasteiger partial charge in [0.05, 0.1) is 13.5 Å². The maximum absolute atomic E-state index is 11.1. The summed E-state index contributed by atoms with van der Waals surface area (Å²) in [5.41, 5.74) is 4.10. The van der Waals surface area contributed by atoms with Crippen LogP contribution in [0.3, 0.4) is 0 Å². The molecule has 1 aliphatic heterocycles. The van der Waals surface area contributed by atoms with E-state index in [1.165, 1.54) is 7.11 Å². The third-order valence-corrected chi connectivity index (χ3v) is 2.97. The smallest absolute Gasteiger partial charge is 0.307 e. The fraction of sp³-hybridized carbons (Fsp3) is 0.462. The molecule has 1 fully saturated rings. The molecule has 0 unspecified atom stereocenters. The Balaban J connectivity index is 1.84. The summed E-state index contributed by atoms with van der Waals surface area (Å²) in [6.07, 6.45) is 2.26. The van der Waals surface area contributed by atoms with Crippen molar-refractivity contribution in [3.8, 4) is 0 Å². The molecule has 0 amide bonds. The number of rotatable bonds is 3. The minimum atomic E-state index is -0.204. The van der Waals surface area contributed by atoms with Gasteiger partial charge in [-0.2, -0.15) is 5.48 Å². The molecule has 1 saturated heterocycles. The molecule has 1 aromatic carbocycles. The second kappa shape index (κ2) is 5.80. The van der Waals surface area contributed by atoms with Gasteiger partial charge in [-0.1, -0.05) is 30.3 Å². The Morgan fingerprint density at radius 3 is 2.76 bits per heavy atom. The van der Waals surface area contributed by atoms with Gasteiger partial charge in [-0.15, -0.1) is 0 Å². The predicted octanol–water partition coefficient (Wildman–Crippen LogP) is 1.97. The van der Waals surface area contributed by atoms with E-state index >= 15 is 0 Å². The Kier molecular flexibility index (Phi) is 4.12. The number of hydroxylamine groups is 1. The van der Waals surface area contributed by atoms with Crippen molar-refractivity contribution in [2.45, 2.75) is 31.4 Å². The van der Waals surface area contributed by atoms with E-state index < -0.39 is 0 Å². The lowest BCUT2D eigenvalue weighted by Crippen LogP contribution is -2.37. The quantitative estimate of drug-likeness (QED) is 0.814. The molecular formula is C13H17NO3. The van der Waals surface area contributed by atoms with Gasteiger partial charge in [0, 0.05) is 6.04 Å². The minimum Gasteiger partial charge on any atom is -0.469 e. The van der Waals surface area contributed by atoms with Crippen LogP contribution in [0.5, 0.6) is 0 Å². The third-order valence-electron chi connectivity index (χ3n) is 2.97. The molecule has 92 valence electrons. The number of hydrogen-bond acceptors (Lipinski definition) is 4. The summed E-state index contributed by atoms with van der Waals surface area (Å²) >= 11 is 0. The van der Waals surface area contributed by atoms with Crippen molar-refractivity contribution in [1.29, 1.82) is 0 Å². The van der Waals surface area contributed by atoms with Crippen molar-refractivity contribution < 1.29 is 14.4 Å². The van der Waals surface area contributed by atoms with Gasteiger partial charge in [-0.05, 0) is 18.4 Å². The van der Waals surface area contributed by atoms with Crippen LogP contribution in [-0.4, -0.2) is 19.1 Å². The Hall–Kier alpha value is -1.39. The molecule has 17 heavy (non-hydrogen) atoms. The molecule has 0 radical (unpaired) electrons. The Labute approximate surface area is 101 Å². The van der Waals surface area contributed by atoms with Crippen LogP contribution in [0.2, 0.25) is 0 Å². The zero-order valence-electron chi connectivity index (χ0n) is 9.89. The SMILES string of the molecule is COC(=O)C[C@H]1CC[C@H](c2ccccc2)ON1. The number of benzene rings is 1. The van der Waals surface area contributed by atoms with Crippen LogP contribution in [0.15, 0.2) is 30.3 Å². The Bertz CT molecular complexity index is 358. The molecule has 0 aliphatic carbocycles. The summed E-state index contributed by atoms with van der Waals surface area (Å²) in [7, 11) is 1.40. The number of hydrogen-bond donors (Lipinski definition) is 1. The van der Waals surface area contributed by atoms with Gasteiger partial charge in [-0.3, -0.25) is 9.63 Å². The fourth-order valence-electron chi connectivity index (χ4n) is 1.98. The molecule has 4 nitrogen and oxygen atoms in total. The average Bonchev–Trinajstić information content (AvgIpc) is 2.40. The second-order valence-corrected chi connectivity index (χ2v) is 4.19. The summed E-state index contributed by atoms with van der Waals surface area (Å²) in [5, 5.41) is 0. The Morgan fingerprint density at radius 2 is 2.18 bits per heavy atom. The van der Waals surface area contributed by atoms with Crippen LogP contribution in [0, 0.1) is 0 Å². The van der Waals surface area contributed by atoms with Crippen molar-refractivity contribution >= 4 is 5.97 Å². The number of carbonyl (C=O) groups excluding carboxylic acids is 1. The summed E-state index contributed by atoms with van der Waals surface area (Å²) in [6, 6.07) is 10.1. The highest BCUT2D eigenvalue weighted by molar-refractivity contribution is 5.69. The van der Waals surface area contributed by atoms with Crippen molar-refractivity contribution in [2.24, 2.45) is 0 Å². The van der Waals surface area contributed by atoms with E-state index in [1.54, 1.807) is 0 Å². The first-order valence-electron chi connectivity index (χ1n) is 5.82. The number of nitrogens with one attached hydrogen (secondary N) is 1. The summed E-state index contributed by atoms with van der Waals surface area (Å²) in [5.74, 6) is -0.204. The van der Waals surface area contributed by atoms with Gasteiger partial charge in [0.15, 0.2) is 0 Å². The molecule has 1 heterocycles. The molecule has 0 spiro atoms. The molecule has 2 atom stereocenters. The maximum atomic E-state index is 11.1. The highest BCUT2D eigenvalue weighted by atomic mass is 16.7. The number of esters is 1. The van der Waals surface area contributed by atoms with Crippen molar-refractivity contribution in [1.82, 2.24) is 5.48 Å². The van der Waals surface area contributed by atoms with Crippen LogP contribution in [0.25, 0.3) is 0 Å². The van der Waals surface area contributed by atoms with E-state index in [0.717, 1.165) is 18.4 Å². The first-order chi connectivity index (χ1) is 8.29. The number of carbonyl (C=O) groups is 1. The monoisotopic (exact) mass is 235 g/mol. The second-order valence-electron chi connectivity index (χ2n) is 4.19. The van der Waals surface area contributed by atoms with Gasteiger partial charge >= 0.3 is 5.97 Å².